The maximum absolute atomic E-state index is 12.3. The molecule has 0 amide bonds. The molecule has 0 aliphatic heterocycles. The third kappa shape index (κ3) is 3.57. The molecule has 2 aromatic rings. The van der Waals surface area contributed by atoms with E-state index >= 15 is 0 Å². The number of esters is 2. The van der Waals surface area contributed by atoms with Crippen molar-refractivity contribution in [3.63, 3.8) is 0 Å². The average Bonchev–Trinajstić information content (AvgIpc) is 3.05. The van der Waals surface area contributed by atoms with Crippen LogP contribution in [0.1, 0.15) is 22.2 Å². The first kappa shape index (κ1) is 18.7. The number of aromatic nitrogens is 1. The summed E-state index contributed by atoms with van der Waals surface area (Å²) in [4.78, 5) is 24.1. The molecule has 0 aliphatic carbocycles. The van der Waals surface area contributed by atoms with Crippen LogP contribution < -0.4 is 0 Å². The number of hydrogen-bond acceptors (Lipinski definition) is 7. The van der Waals surface area contributed by atoms with Crippen molar-refractivity contribution in [2.45, 2.75) is 6.10 Å². The van der Waals surface area contributed by atoms with Crippen molar-refractivity contribution in [1.82, 2.24) is 5.16 Å². The summed E-state index contributed by atoms with van der Waals surface area (Å²) in [5, 5.41) is 4.29. The fourth-order valence-electron chi connectivity index (χ4n) is 2.26. The zero-order valence-electron chi connectivity index (χ0n) is 13.9. The molecule has 0 bridgehead atoms. The topological polar surface area (TPSA) is 87.9 Å². The lowest BCUT2D eigenvalue weighted by Crippen LogP contribution is -2.16. The van der Waals surface area contributed by atoms with Crippen LogP contribution in [0.3, 0.4) is 0 Å². The number of halogens is 1. The average molecular weight is 366 g/mol. The Bertz CT molecular complexity index is 813. The van der Waals surface area contributed by atoms with Gasteiger partial charge in [0.25, 0.3) is 0 Å². The number of methoxy groups -OCH3 is 3. The highest BCUT2D eigenvalue weighted by molar-refractivity contribution is 6.33. The summed E-state index contributed by atoms with van der Waals surface area (Å²) in [6, 6.07) is 6.79. The summed E-state index contributed by atoms with van der Waals surface area (Å²) in [5.74, 6) is -1.45. The first-order valence-electron chi connectivity index (χ1n) is 7.08. The number of rotatable bonds is 6. The molecule has 0 saturated carbocycles. The van der Waals surface area contributed by atoms with E-state index in [9.17, 15) is 9.59 Å². The predicted octanol–water partition coefficient (Wildman–Crippen LogP) is 3.20. The van der Waals surface area contributed by atoms with Crippen molar-refractivity contribution in [3.05, 3.63) is 52.8 Å². The van der Waals surface area contributed by atoms with E-state index in [1.54, 1.807) is 24.3 Å². The molecular formula is C17H16ClNO6. The monoisotopic (exact) mass is 365 g/mol. The van der Waals surface area contributed by atoms with Crippen LogP contribution in [0.15, 0.2) is 40.9 Å². The van der Waals surface area contributed by atoms with Gasteiger partial charge < -0.3 is 18.7 Å². The summed E-state index contributed by atoms with van der Waals surface area (Å²) >= 11 is 6.18. The molecule has 1 aromatic carbocycles. The molecule has 132 valence electrons. The Morgan fingerprint density at radius 1 is 1.20 bits per heavy atom. The fraction of sp³-hybridized carbons (Fsp3) is 0.235. The van der Waals surface area contributed by atoms with Crippen LogP contribution in [0.2, 0.25) is 5.02 Å². The number of carbonyl (C=O) groups excluding carboxylic acids is 2. The molecule has 8 heteroatoms. The molecule has 0 fully saturated rings. The Morgan fingerprint density at radius 3 is 2.44 bits per heavy atom. The predicted molar refractivity (Wildman–Crippen MR) is 89.2 cm³/mol. The Hall–Kier alpha value is -2.64. The second-order valence-electron chi connectivity index (χ2n) is 4.87. The minimum atomic E-state index is -1.08. The minimum Gasteiger partial charge on any atom is -0.466 e. The lowest BCUT2D eigenvalue weighted by atomic mass is 10.0. The second-order valence-corrected chi connectivity index (χ2v) is 5.28. The maximum atomic E-state index is 12.3. The molecular weight excluding hydrogens is 350 g/mol. The highest BCUT2D eigenvalue weighted by Crippen LogP contribution is 2.36. The zero-order chi connectivity index (χ0) is 18.6. The van der Waals surface area contributed by atoms with Gasteiger partial charge >= 0.3 is 11.9 Å². The third-order valence-corrected chi connectivity index (χ3v) is 3.80. The van der Waals surface area contributed by atoms with Gasteiger partial charge in [0.1, 0.15) is 17.4 Å². The molecule has 0 aliphatic rings. The molecule has 0 radical (unpaired) electrons. The molecule has 0 N–H and O–H groups in total. The molecule has 1 atom stereocenters. The van der Waals surface area contributed by atoms with E-state index in [2.05, 4.69) is 16.5 Å². The third-order valence-electron chi connectivity index (χ3n) is 3.47. The largest absolute Gasteiger partial charge is 0.466 e. The fourth-order valence-corrected chi connectivity index (χ4v) is 2.49. The van der Waals surface area contributed by atoms with E-state index in [1.165, 1.54) is 21.3 Å². The van der Waals surface area contributed by atoms with E-state index in [1.807, 2.05) is 0 Å². The molecule has 2 rings (SSSR count). The van der Waals surface area contributed by atoms with E-state index in [4.69, 9.17) is 25.6 Å². The summed E-state index contributed by atoms with van der Waals surface area (Å²) in [6.07, 6.45) is -1.08. The van der Waals surface area contributed by atoms with Gasteiger partial charge in [-0.25, -0.2) is 9.59 Å². The number of nitrogens with zero attached hydrogens (tertiary/aromatic N) is 1. The molecule has 1 heterocycles. The Labute approximate surface area is 149 Å². The standard InChI is InChI=1S/C17H16ClNO6/c1-9(16(20)23-3)14(22-2)15-12(17(21)24-4)13(19-25-15)10-7-5-6-8-11(10)18/h5-8,14H,1H2,2-4H3. The molecule has 1 aromatic heterocycles. The van der Waals surface area contributed by atoms with Crippen molar-refractivity contribution in [1.29, 1.82) is 0 Å². The summed E-state index contributed by atoms with van der Waals surface area (Å²) in [6.45, 7) is 3.63. The van der Waals surface area contributed by atoms with Crippen LogP contribution in [0.5, 0.6) is 0 Å². The van der Waals surface area contributed by atoms with Crippen molar-refractivity contribution in [2.75, 3.05) is 21.3 Å². The smallest absolute Gasteiger partial charge is 0.343 e. The van der Waals surface area contributed by atoms with Gasteiger partial charge in [0.2, 0.25) is 0 Å². The first-order chi connectivity index (χ1) is 12.0. The molecule has 0 saturated heterocycles. The van der Waals surface area contributed by atoms with E-state index < -0.39 is 18.0 Å². The number of benzene rings is 1. The molecule has 25 heavy (non-hydrogen) atoms. The lowest BCUT2D eigenvalue weighted by Gasteiger charge is -2.14. The summed E-state index contributed by atoms with van der Waals surface area (Å²) < 4.78 is 20.0. The van der Waals surface area contributed by atoms with Crippen molar-refractivity contribution < 1.29 is 28.3 Å². The van der Waals surface area contributed by atoms with Crippen LogP contribution in [0.25, 0.3) is 11.3 Å². The van der Waals surface area contributed by atoms with E-state index in [-0.39, 0.29) is 22.6 Å². The van der Waals surface area contributed by atoms with Crippen molar-refractivity contribution in [3.8, 4) is 11.3 Å². The van der Waals surface area contributed by atoms with E-state index in [0.29, 0.717) is 10.6 Å². The van der Waals surface area contributed by atoms with Gasteiger partial charge in [-0.1, -0.05) is 41.5 Å². The second kappa shape index (κ2) is 7.96. The zero-order valence-corrected chi connectivity index (χ0v) is 14.6. The Morgan fingerprint density at radius 2 is 1.88 bits per heavy atom. The Kier molecular flexibility index (Phi) is 5.95. The van der Waals surface area contributed by atoms with Crippen LogP contribution in [0, 0.1) is 0 Å². The highest BCUT2D eigenvalue weighted by atomic mass is 35.5. The van der Waals surface area contributed by atoms with Gasteiger partial charge in [-0.2, -0.15) is 0 Å². The molecule has 1 unspecified atom stereocenters. The van der Waals surface area contributed by atoms with Crippen molar-refractivity contribution >= 4 is 23.5 Å². The van der Waals surface area contributed by atoms with Gasteiger partial charge in [-0.15, -0.1) is 0 Å². The first-order valence-corrected chi connectivity index (χ1v) is 7.46. The minimum absolute atomic E-state index is 0.00694. The van der Waals surface area contributed by atoms with Crippen LogP contribution >= 0.6 is 11.6 Å². The van der Waals surface area contributed by atoms with Gasteiger partial charge in [-0.3, -0.25) is 0 Å². The number of hydrogen-bond donors (Lipinski definition) is 0. The number of carbonyl (C=O) groups is 2. The molecule has 0 spiro atoms. The lowest BCUT2D eigenvalue weighted by molar-refractivity contribution is -0.137. The normalized spacial score (nSPS) is 11.7. The quantitative estimate of drug-likeness (QED) is 0.573. The van der Waals surface area contributed by atoms with Gasteiger partial charge in [0, 0.05) is 12.7 Å². The van der Waals surface area contributed by atoms with Gasteiger partial charge in [0.05, 0.1) is 24.8 Å². The van der Waals surface area contributed by atoms with Crippen molar-refractivity contribution in [2.24, 2.45) is 0 Å². The van der Waals surface area contributed by atoms with Crippen LogP contribution in [-0.2, 0) is 19.0 Å². The SMILES string of the molecule is C=C(C(=O)OC)C(OC)c1onc(-c2ccccc2Cl)c1C(=O)OC. The Balaban J connectivity index is 2.64. The van der Waals surface area contributed by atoms with Gasteiger partial charge in [0.15, 0.2) is 5.76 Å². The molecule has 7 nitrogen and oxygen atoms in total. The summed E-state index contributed by atoms with van der Waals surface area (Å²) in [7, 11) is 3.75. The maximum Gasteiger partial charge on any atom is 0.343 e. The summed E-state index contributed by atoms with van der Waals surface area (Å²) in [5.41, 5.74) is 0.579. The highest BCUT2D eigenvalue weighted by Gasteiger charge is 2.34. The van der Waals surface area contributed by atoms with E-state index in [0.717, 1.165) is 0 Å². The van der Waals surface area contributed by atoms with Crippen LogP contribution in [-0.4, -0.2) is 38.4 Å². The number of ether oxygens (including phenoxy) is 3. The van der Waals surface area contributed by atoms with Crippen LogP contribution in [0.4, 0.5) is 0 Å². The van der Waals surface area contributed by atoms with Gasteiger partial charge in [-0.05, 0) is 6.07 Å².